The van der Waals surface area contributed by atoms with Gasteiger partial charge in [-0.2, -0.15) is 0 Å². The van der Waals surface area contributed by atoms with Crippen LogP contribution in [0.15, 0.2) is 24.5 Å². The summed E-state index contributed by atoms with van der Waals surface area (Å²) in [4.78, 5) is 14.9. The zero-order valence-corrected chi connectivity index (χ0v) is 6.97. The summed E-state index contributed by atoms with van der Waals surface area (Å²) >= 11 is 0. The number of rotatable bonds is 1. The molecule has 0 bridgehead atoms. The molecule has 0 amide bonds. The summed E-state index contributed by atoms with van der Waals surface area (Å²) in [5, 5.41) is 3.94. The smallest absolute Gasteiger partial charge is 0.377 e. The molecule has 0 fully saturated rings. The first-order valence-electron chi connectivity index (χ1n) is 3.70. The number of fused-ring (bicyclic) bond motifs is 1. The zero-order valence-electron chi connectivity index (χ0n) is 6.97. The lowest BCUT2D eigenvalue weighted by Crippen LogP contribution is -2.09. The molecule has 5 heteroatoms. The standard InChI is InChI=1S/C8H7N3O2/c1-13-8(12)7-9-5-6-3-2-4-11(6)10-7/h2-5H,1H3. The van der Waals surface area contributed by atoms with Gasteiger partial charge in [-0.1, -0.05) is 0 Å². The Bertz CT molecular complexity index is 449. The maximum absolute atomic E-state index is 11.0. The molecule has 0 saturated carbocycles. The van der Waals surface area contributed by atoms with Crippen LogP contribution in [0.2, 0.25) is 0 Å². The molecule has 0 aliphatic heterocycles. The van der Waals surface area contributed by atoms with E-state index in [0.29, 0.717) is 0 Å². The van der Waals surface area contributed by atoms with Crippen molar-refractivity contribution in [1.82, 2.24) is 14.6 Å². The molecule has 0 atom stereocenters. The van der Waals surface area contributed by atoms with Crippen LogP contribution in [0.4, 0.5) is 0 Å². The fourth-order valence-corrected chi connectivity index (χ4v) is 1.02. The highest BCUT2D eigenvalue weighted by atomic mass is 16.5. The first kappa shape index (κ1) is 7.72. The van der Waals surface area contributed by atoms with E-state index in [1.54, 1.807) is 16.9 Å². The van der Waals surface area contributed by atoms with Crippen molar-refractivity contribution in [3.8, 4) is 0 Å². The molecule has 0 unspecified atom stereocenters. The van der Waals surface area contributed by atoms with Gasteiger partial charge in [0, 0.05) is 6.20 Å². The highest BCUT2D eigenvalue weighted by Gasteiger charge is 2.08. The normalized spacial score (nSPS) is 10.2. The van der Waals surface area contributed by atoms with Gasteiger partial charge >= 0.3 is 5.97 Å². The molecular formula is C8H7N3O2. The molecule has 13 heavy (non-hydrogen) atoms. The molecule has 2 rings (SSSR count). The van der Waals surface area contributed by atoms with Crippen molar-refractivity contribution in [3.05, 3.63) is 30.4 Å². The Morgan fingerprint density at radius 3 is 3.23 bits per heavy atom. The Kier molecular flexibility index (Phi) is 1.70. The number of hydrogen-bond acceptors (Lipinski definition) is 4. The number of methoxy groups -OCH3 is 1. The van der Waals surface area contributed by atoms with E-state index in [4.69, 9.17) is 0 Å². The van der Waals surface area contributed by atoms with Crippen LogP contribution in [0.5, 0.6) is 0 Å². The summed E-state index contributed by atoms with van der Waals surface area (Å²) in [6.07, 6.45) is 3.31. The fourth-order valence-electron chi connectivity index (χ4n) is 1.02. The van der Waals surface area contributed by atoms with Gasteiger partial charge in [-0.25, -0.2) is 14.3 Å². The van der Waals surface area contributed by atoms with Crippen molar-refractivity contribution in [3.63, 3.8) is 0 Å². The predicted octanol–water partition coefficient (Wildman–Crippen LogP) is 0.516. The SMILES string of the molecule is COC(=O)c1ncc2cccn2n1. The van der Waals surface area contributed by atoms with E-state index in [-0.39, 0.29) is 5.82 Å². The molecule has 2 aromatic heterocycles. The van der Waals surface area contributed by atoms with Crippen LogP contribution in [0.1, 0.15) is 10.6 Å². The first-order chi connectivity index (χ1) is 6.31. The van der Waals surface area contributed by atoms with Gasteiger partial charge < -0.3 is 4.74 Å². The third kappa shape index (κ3) is 1.24. The van der Waals surface area contributed by atoms with Crippen LogP contribution in [0.3, 0.4) is 0 Å². The number of ether oxygens (including phenoxy) is 1. The van der Waals surface area contributed by atoms with Crippen molar-refractivity contribution < 1.29 is 9.53 Å². The van der Waals surface area contributed by atoms with Crippen LogP contribution >= 0.6 is 0 Å². The molecule has 66 valence electrons. The summed E-state index contributed by atoms with van der Waals surface area (Å²) in [5.41, 5.74) is 0.840. The van der Waals surface area contributed by atoms with Crippen LogP contribution in [0, 0.1) is 0 Å². The molecular weight excluding hydrogens is 170 g/mol. The second-order valence-electron chi connectivity index (χ2n) is 2.45. The number of hydrogen-bond donors (Lipinski definition) is 0. The van der Waals surface area contributed by atoms with Gasteiger partial charge in [0.1, 0.15) is 0 Å². The Morgan fingerprint density at radius 2 is 2.46 bits per heavy atom. The lowest BCUT2D eigenvalue weighted by molar-refractivity contribution is 0.0584. The molecule has 0 aliphatic carbocycles. The van der Waals surface area contributed by atoms with Crippen molar-refractivity contribution in [2.24, 2.45) is 0 Å². The number of carbonyl (C=O) groups excluding carboxylic acids is 1. The van der Waals surface area contributed by atoms with Crippen LogP contribution in [-0.2, 0) is 4.74 Å². The molecule has 0 N–H and O–H groups in total. The molecule has 2 heterocycles. The molecule has 2 aromatic rings. The van der Waals surface area contributed by atoms with Crippen molar-refractivity contribution in [2.45, 2.75) is 0 Å². The Labute approximate surface area is 74.0 Å². The number of esters is 1. The third-order valence-electron chi connectivity index (χ3n) is 1.65. The minimum absolute atomic E-state index is 0.0613. The van der Waals surface area contributed by atoms with Gasteiger partial charge in [-0.3, -0.25) is 0 Å². The zero-order chi connectivity index (χ0) is 9.26. The highest BCUT2D eigenvalue weighted by molar-refractivity contribution is 5.84. The highest BCUT2D eigenvalue weighted by Crippen LogP contribution is 2.00. The summed E-state index contributed by atoms with van der Waals surface area (Å²) in [6, 6.07) is 3.67. The minimum atomic E-state index is -0.532. The van der Waals surface area contributed by atoms with E-state index in [0.717, 1.165) is 5.52 Å². The van der Waals surface area contributed by atoms with E-state index in [1.807, 2.05) is 12.1 Å². The monoisotopic (exact) mass is 177 g/mol. The van der Waals surface area contributed by atoms with E-state index in [9.17, 15) is 4.79 Å². The summed E-state index contributed by atoms with van der Waals surface area (Å²) in [7, 11) is 1.30. The van der Waals surface area contributed by atoms with Crippen LogP contribution in [0.25, 0.3) is 5.52 Å². The quantitative estimate of drug-likeness (QED) is 0.596. The number of aromatic nitrogens is 3. The largest absolute Gasteiger partial charge is 0.463 e. The molecule has 0 saturated heterocycles. The van der Waals surface area contributed by atoms with Gasteiger partial charge in [-0.05, 0) is 12.1 Å². The van der Waals surface area contributed by atoms with E-state index in [2.05, 4.69) is 14.8 Å². The second-order valence-corrected chi connectivity index (χ2v) is 2.45. The molecule has 0 aromatic carbocycles. The van der Waals surface area contributed by atoms with E-state index in [1.165, 1.54) is 7.11 Å². The molecule has 0 aliphatic rings. The number of carbonyl (C=O) groups is 1. The van der Waals surface area contributed by atoms with Crippen LogP contribution in [-0.4, -0.2) is 27.7 Å². The molecule has 0 spiro atoms. The van der Waals surface area contributed by atoms with Crippen molar-refractivity contribution >= 4 is 11.5 Å². The van der Waals surface area contributed by atoms with Gasteiger partial charge in [0.25, 0.3) is 5.82 Å². The summed E-state index contributed by atoms with van der Waals surface area (Å²) < 4.78 is 6.05. The Hall–Kier alpha value is -1.91. The maximum Gasteiger partial charge on any atom is 0.377 e. The van der Waals surface area contributed by atoms with E-state index >= 15 is 0 Å². The summed E-state index contributed by atoms with van der Waals surface area (Å²) in [5.74, 6) is -0.471. The third-order valence-corrected chi connectivity index (χ3v) is 1.65. The Morgan fingerprint density at radius 1 is 1.62 bits per heavy atom. The van der Waals surface area contributed by atoms with Gasteiger partial charge in [-0.15, -0.1) is 5.10 Å². The minimum Gasteiger partial charge on any atom is -0.463 e. The fraction of sp³-hybridized carbons (Fsp3) is 0.125. The first-order valence-corrected chi connectivity index (χ1v) is 3.70. The number of nitrogens with zero attached hydrogens (tertiary/aromatic N) is 3. The lowest BCUT2D eigenvalue weighted by Gasteiger charge is -1.97. The topological polar surface area (TPSA) is 56.5 Å². The van der Waals surface area contributed by atoms with Gasteiger partial charge in [0.15, 0.2) is 0 Å². The predicted molar refractivity (Wildman–Crippen MR) is 44.3 cm³/mol. The van der Waals surface area contributed by atoms with E-state index < -0.39 is 5.97 Å². The molecule has 0 radical (unpaired) electrons. The maximum atomic E-state index is 11.0. The average molecular weight is 177 g/mol. The van der Waals surface area contributed by atoms with Gasteiger partial charge in [0.2, 0.25) is 0 Å². The average Bonchev–Trinajstić information content (AvgIpc) is 2.63. The van der Waals surface area contributed by atoms with Gasteiger partial charge in [0.05, 0.1) is 18.8 Å². The van der Waals surface area contributed by atoms with Crippen molar-refractivity contribution in [2.75, 3.05) is 7.11 Å². The van der Waals surface area contributed by atoms with Crippen molar-refractivity contribution in [1.29, 1.82) is 0 Å². The molecule has 5 nitrogen and oxygen atoms in total. The Balaban J connectivity index is 2.54. The van der Waals surface area contributed by atoms with Crippen LogP contribution < -0.4 is 0 Å². The lowest BCUT2D eigenvalue weighted by atomic mass is 10.5. The second kappa shape index (κ2) is 2.85. The summed E-state index contributed by atoms with van der Waals surface area (Å²) in [6.45, 7) is 0.